The topological polar surface area (TPSA) is 48.0 Å². The minimum atomic E-state index is 0. The number of benzene rings is 1. The van der Waals surface area contributed by atoms with Crippen molar-refractivity contribution in [1.82, 2.24) is 10.3 Å². The van der Waals surface area contributed by atoms with E-state index in [9.17, 15) is 5.11 Å². The second-order valence-corrected chi connectivity index (χ2v) is 4.46. The van der Waals surface area contributed by atoms with E-state index in [1.807, 2.05) is 18.2 Å². The molecule has 0 spiro atoms. The third-order valence-electron chi connectivity index (χ3n) is 3.47. The van der Waals surface area contributed by atoms with Gasteiger partial charge in [-0.1, -0.05) is 18.2 Å². The second-order valence-electron chi connectivity index (χ2n) is 4.46. The average Bonchev–Trinajstić information content (AvgIpc) is 2.66. The fourth-order valence-corrected chi connectivity index (χ4v) is 2.67. The summed E-state index contributed by atoms with van der Waals surface area (Å²) in [5.41, 5.74) is 2.14. The largest absolute Gasteiger partial charge is 0.494 e. The molecule has 0 radical (unpaired) electrons. The Morgan fingerprint density at radius 2 is 1.82 bits per heavy atom. The maximum absolute atomic E-state index is 10.0. The van der Waals surface area contributed by atoms with Crippen molar-refractivity contribution in [2.45, 2.75) is 18.8 Å². The quantitative estimate of drug-likeness (QED) is 0.731. The highest BCUT2D eigenvalue weighted by molar-refractivity contribution is 5.86. The van der Waals surface area contributed by atoms with Gasteiger partial charge in [0.25, 0.3) is 0 Å². The zero-order valence-corrected chi connectivity index (χ0v) is 10.4. The number of rotatable bonds is 1. The summed E-state index contributed by atoms with van der Waals surface area (Å²) in [6, 6.07) is 8.12. The summed E-state index contributed by atoms with van der Waals surface area (Å²) in [6.45, 7) is 2.09. The van der Waals surface area contributed by atoms with Crippen LogP contribution in [0.5, 0.6) is 5.88 Å². The Morgan fingerprint density at radius 1 is 1.12 bits per heavy atom. The monoisotopic (exact) mass is 252 g/mol. The highest BCUT2D eigenvalue weighted by Gasteiger charge is 2.22. The van der Waals surface area contributed by atoms with Gasteiger partial charge in [-0.15, -0.1) is 12.4 Å². The van der Waals surface area contributed by atoms with Crippen LogP contribution in [0.4, 0.5) is 0 Å². The van der Waals surface area contributed by atoms with Crippen molar-refractivity contribution in [2.75, 3.05) is 13.1 Å². The molecule has 1 aromatic heterocycles. The van der Waals surface area contributed by atoms with Crippen molar-refractivity contribution in [2.24, 2.45) is 0 Å². The van der Waals surface area contributed by atoms with Crippen LogP contribution in [-0.2, 0) is 0 Å². The lowest BCUT2D eigenvalue weighted by atomic mass is 9.89. The molecule has 3 rings (SSSR count). The fraction of sp³-hybridized carbons (Fsp3) is 0.385. The van der Waals surface area contributed by atoms with Crippen LogP contribution in [0.1, 0.15) is 24.3 Å². The minimum Gasteiger partial charge on any atom is -0.494 e. The fourth-order valence-electron chi connectivity index (χ4n) is 2.67. The Kier molecular flexibility index (Phi) is 3.60. The lowest BCUT2D eigenvalue weighted by molar-refractivity contribution is 0.418. The van der Waals surface area contributed by atoms with Gasteiger partial charge in [-0.2, -0.15) is 0 Å². The molecular formula is C13H17ClN2O. The Balaban J connectivity index is 0.00000108. The van der Waals surface area contributed by atoms with Gasteiger partial charge >= 0.3 is 0 Å². The van der Waals surface area contributed by atoms with Crippen molar-refractivity contribution < 1.29 is 5.11 Å². The van der Waals surface area contributed by atoms with Gasteiger partial charge in [0.15, 0.2) is 5.88 Å². The number of hydrogen-bond acceptors (Lipinski definition) is 2. The zero-order valence-electron chi connectivity index (χ0n) is 9.57. The third kappa shape index (κ3) is 2.13. The van der Waals surface area contributed by atoms with E-state index in [1.54, 1.807) is 0 Å². The predicted octanol–water partition coefficient (Wildman–Crippen LogP) is 2.76. The smallest absolute Gasteiger partial charge is 0.192 e. The molecule has 1 aliphatic heterocycles. The van der Waals surface area contributed by atoms with Crippen LogP contribution >= 0.6 is 12.4 Å². The van der Waals surface area contributed by atoms with E-state index in [0.29, 0.717) is 11.8 Å². The maximum atomic E-state index is 10.0. The summed E-state index contributed by atoms with van der Waals surface area (Å²) in [5.74, 6) is 0.838. The molecule has 1 aliphatic rings. The van der Waals surface area contributed by atoms with Crippen molar-refractivity contribution in [3.05, 3.63) is 29.8 Å². The van der Waals surface area contributed by atoms with Gasteiger partial charge in [-0.25, -0.2) is 0 Å². The first kappa shape index (κ1) is 12.3. The van der Waals surface area contributed by atoms with Crippen LogP contribution in [0.3, 0.4) is 0 Å². The molecule has 2 aromatic rings. The van der Waals surface area contributed by atoms with Gasteiger partial charge in [0.1, 0.15) is 0 Å². The van der Waals surface area contributed by atoms with Crippen molar-refractivity contribution in [3.63, 3.8) is 0 Å². The van der Waals surface area contributed by atoms with Crippen LogP contribution in [0.15, 0.2) is 24.3 Å². The van der Waals surface area contributed by atoms with E-state index in [1.165, 1.54) is 5.39 Å². The molecule has 3 N–H and O–H groups in total. The number of hydrogen-bond donors (Lipinski definition) is 3. The van der Waals surface area contributed by atoms with E-state index in [2.05, 4.69) is 16.4 Å². The summed E-state index contributed by atoms with van der Waals surface area (Å²) in [7, 11) is 0. The van der Waals surface area contributed by atoms with Gasteiger partial charge in [-0.05, 0) is 37.9 Å². The van der Waals surface area contributed by atoms with Gasteiger partial charge in [-0.3, -0.25) is 0 Å². The highest BCUT2D eigenvalue weighted by Crippen LogP contribution is 2.37. The summed E-state index contributed by atoms with van der Waals surface area (Å²) in [4.78, 5) is 3.06. The number of para-hydroxylation sites is 1. The van der Waals surface area contributed by atoms with Crippen LogP contribution in [0.2, 0.25) is 0 Å². The van der Waals surface area contributed by atoms with E-state index in [0.717, 1.165) is 37.0 Å². The molecule has 2 heterocycles. The van der Waals surface area contributed by atoms with Gasteiger partial charge in [0.2, 0.25) is 0 Å². The van der Waals surface area contributed by atoms with Crippen LogP contribution in [0.25, 0.3) is 10.9 Å². The lowest BCUT2D eigenvalue weighted by Gasteiger charge is -2.22. The standard InChI is InChI=1S/C13H16N2O.ClH/c16-13-12(9-5-7-14-8-6-9)10-3-1-2-4-11(10)15-13;/h1-4,9,14-16H,5-8H2;1H. The van der Waals surface area contributed by atoms with E-state index in [-0.39, 0.29) is 12.4 Å². The second kappa shape index (κ2) is 4.98. The molecule has 0 unspecified atom stereocenters. The molecule has 0 saturated carbocycles. The number of piperidine rings is 1. The van der Waals surface area contributed by atoms with Gasteiger partial charge in [0.05, 0.1) is 0 Å². The molecule has 3 nitrogen and oxygen atoms in total. The molecular weight excluding hydrogens is 236 g/mol. The molecule has 17 heavy (non-hydrogen) atoms. The SMILES string of the molecule is Cl.Oc1[nH]c2ccccc2c1C1CCNCC1. The van der Waals surface area contributed by atoms with Crippen molar-refractivity contribution in [3.8, 4) is 5.88 Å². The summed E-state index contributed by atoms with van der Waals surface area (Å²) in [6.07, 6.45) is 2.21. The number of nitrogens with one attached hydrogen (secondary N) is 2. The number of aromatic hydroxyl groups is 1. The van der Waals surface area contributed by atoms with E-state index >= 15 is 0 Å². The Labute approximate surface area is 107 Å². The van der Waals surface area contributed by atoms with Crippen LogP contribution in [-0.4, -0.2) is 23.2 Å². The van der Waals surface area contributed by atoms with E-state index < -0.39 is 0 Å². The lowest BCUT2D eigenvalue weighted by Crippen LogP contribution is -2.26. The number of fused-ring (bicyclic) bond motifs is 1. The number of halogens is 1. The predicted molar refractivity (Wildman–Crippen MR) is 72.1 cm³/mol. The molecule has 4 heteroatoms. The maximum Gasteiger partial charge on any atom is 0.192 e. The molecule has 92 valence electrons. The zero-order chi connectivity index (χ0) is 11.0. The molecule has 0 atom stereocenters. The first-order valence-corrected chi connectivity index (χ1v) is 5.86. The molecule has 0 aliphatic carbocycles. The summed E-state index contributed by atoms with van der Waals surface area (Å²) >= 11 is 0. The Morgan fingerprint density at radius 3 is 2.59 bits per heavy atom. The van der Waals surface area contributed by atoms with E-state index in [4.69, 9.17) is 0 Å². The first-order valence-electron chi connectivity index (χ1n) is 5.86. The number of H-pyrrole nitrogens is 1. The van der Waals surface area contributed by atoms with Crippen LogP contribution < -0.4 is 5.32 Å². The summed E-state index contributed by atoms with van der Waals surface area (Å²) in [5, 5.41) is 14.5. The van der Waals surface area contributed by atoms with Crippen molar-refractivity contribution in [1.29, 1.82) is 0 Å². The number of aromatic amines is 1. The first-order chi connectivity index (χ1) is 7.86. The Hall–Kier alpha value is -1.19. The molecule has 1 saturated heterocycles. The molecule has 0 amide bonds. The molecule has 0 bridgehead atoms. The third-order valence-corrected chi connectivity index (χ3v) is 3.47. The highest BCUT2D eigenvalue weighted by atomic mass is 35.5. The summed E-state index contributed by atoms with van der Waals surface area (Å²) < 4.78 is 0. The number of aromatic nitrogens is 1. The molecule has 1 fully saturated rings. The minimum absolute atomic E-state index is 0. The van der Waals surface area contributed by atoms with Crippen LogP contribution in [0, 0.1) is 0 Å². The Bertz CT molecular complexity index is 503. The molecule has 1 aromatic carbocycles. The van der Waals surface area contributed by atoms with Gasteiger partial charge in [0, 0.05) is 16.5 Å². The van der Waals surface area contributed by atoms with Crippen molar-refractivity contribution >= 4 is 23.3 Å². The van der Waals surface area contributed by atoms with Gasteiger partial charge < -0.3 is 15.4 Å². The average molecular weight is 253 g/mol. The normalized spacial score (nSPS) is 16.9.